The molecule has 0 atom stereocenters. The monoisotopic (exact) mass is 191 g/mol. The van der Waals surface area contributed by atoms with E-state index in [9.17, 15) is 4.39 Å². The van der Waals surface area contributed by atoms with Gasteiger partial charge in [-0.1, -0.05) is 32.0 Å². The smallest absolute Gasteiger partial charge is 0.129 e. The van der Waals surface area contributed by atoms with Gasteiger partial charge in [-0.05, 0) is 13.0 Å². The Bertz CT molecular complexity index is 195. The van der Waals surface area contributed by atoms with Gasteiger partial charge in [0.15, 0.2) is 0 Å². The van der Waals surface area contributed by atoms with Gasteiger partial charge in [0.25, 0.3) is 0 Å². The Labute approximate surface area is 78.6 Å². The van der Waals surface area contributed by atoms with Crippen molar-refractivity contribution in [3.05, 3.63) is 24.1 Å². The van der Waals surface area contributed by atoms with Crippen molar-refractivity contribution in [2.24, 2.45) is 4.99 Å². The molecule has 0 aromatic carbocycles. The molecule has 0 spiro atoms. The molecule has 0 aromatic heterocycles. The summed E-state index contributed by atoms with van der Waals surface area (Å²) in [6.07, 6.45) is 1.10. The summed E-state index contributed by atoms with van der Waals surface area (Å²) >= 11 is 5.49. The van der Waals surface area contributed by atoms with Crippen LogP contribution in [0.3, 0.4) is 0 Å². The number of allylic oxidation sites excluding steroid dienone is 3. The summed E-state index contributed by atoms with van der Waals surface area (Å²) in [4.78, 5) is 3.59. The minimum Gasteiger partial charge on any atom is -0.276 e. The normalized spacial score (nSPS) is 12.7. The fourth-order valence-corrected chi connectivity index (χ4v) is 0.510. The molecule has 0 fully saturated rings. The summed E-state index contributed by atoms with van der Waals surface area (Å²) in [5.74, 6) is -0.435. The van der Waals surface area contributed by atoms with Crippen LogP contribution in [0.4, 0.5) is 4.39 Å². The highest BCUT2D eigenvalue weighted by Crippen LogP contribution is 2.10. The first kappa shape index (κ1) is 13.9. The van der Waals surface area contributed by atoms with E-state index < -0.39 is 5.83 Å². The lowest BCUT2D eigenvalue weighted by atomic mass is 10.3. The van der Waals surface area contributed by atoms with E-state index in [4.69, 9.17) is 11.6 Å². The fourth-order valence-electron chi connectivity index (χ4n) is 0.419. The van der Waals surface area contributed by atoms with Crippen LogP contribution < -0.4 is 0 Å². The maximum absolute atomic E-state index is 12.6. The highest BCUT2D eigenvalue weighted by atomic mass is 35.5. The summed E-state index contributed by atoms with van der Waals surface area (Å²) < 4.78 is 12.6. The van der Waals surface area contributed by atoms with Crippen molar-refractivity contribution in [2.75, 3.05) is 7.05 Å². The van der Waals surface area contributed by atoms with E-state index in [0.717, 1.165) is 6.08 Å². The quantitative estimate of drug-likeness (QED) is 0.466. The van der Waals surface area contributed by atoms with Gasteiger partial charge in [0.1, 0.15) is 11.0 Å². The van der Waals surface area contributed by atoms with Crippen LogP contribution in [0.25, 0.3) is 0 Å². The lowest BCUT2D eigenvalue weighted by molar-refractivity contribution is 0.661. The van der Waals surface area contributed by atoms with Gasteiger partial charge in [0.05, 0.1) is 0 Å². The van der Waals surface area contributed by atoms with Crippen LogP contribution in [0.1, 0.15) is 20.8 Å². The van der Waals surface area contributed by atoms with E-state index in [1.165, 1.54) is 7.05 Å². The Morgan fingerprint density at radius 1 is 1.50 bits per heavy atom. The van der Waals surface area contributed by atoms with Gasteiger partial charge >= 0.3 is 0 Å². The maximum atomic E-state index is 12.6. The van der Waals surface area contributed by atoms with Gasteiger partial charge in [-0.25, -0.2) is 4.39 Å². The molecule has 0 aliphatic heterocycles. The number of aliphatic imine (C=N–C) groups is 1. The number of nitrogens with zero attached hydrogens (tertiary/aromatic N) is 1. The Morgan fingerprint density at radius 2 is 1.92 bits per heavy atom. The minimum absolute atomic E-state index is 0.178. The van der Waals surface area contributed by atoms with Crippen LogP contribution in [-0.4, -0.2) is 12.2 Å². The molecule has 0 N–H and O–H groups in total. The highest BCUT2D eigenvalue weighted by molar-refractivity contribution is 6.69. The molecule has 0 aliphatic carbocycles. The molecule has 1 nitrogen and oxygen atoms in total. The Hall–Kier alpha value is -0.630. The first-order valence-electron chi connectivity index (χ1n) is 3.75. The van der Waals surface area contributed by atoms with Crippen LogP contribution in [0.5, 0.6) is 0 Å². The number of hydrogen-bond acceptors (Lipinski definition) is 1. The molecular weight excluding hydrogens is 177 g/mol. The third-order valence-corrected chi connectivity index (χ3v) is 1.50. The summed E-state index contributed by atoms with van der Waals surface area (Å²) in [5.41, 5.74) is 0.319. The van der Waals surface area contributed by atoms with E-state index in [1.807, 2.05) is 13.8 Å². The molecule has 0 saturated heterocycles. The SMILES string of the molecule is C=C/C(F)=C(/C)C(Cl)=NC.CC. The molecule has 70 valence electrons. The van der Waals surface area contributed by atoms with Gasteiger partial charge in [-0.15, -0.1) is 0 Å². The first-order chi connectivity index (χ1) is 5.63. The van der Waals surface area contributed by atoms with Gasteiger partial charge in [0.2, 0.25) is 0 Å². The van der Waals surface area contributed by atoms with Gasteiger partial charge < -0.3 is 0 Å². The van der Waals surface area contributed by atoms with Gasteiger partial charge in [0, 0.05) is 12.6 Å². The molecule has 0 amide bonds. The zero-order valence-corrected chi connectivity index (χ0v) is 8.74. The molecule has 0 aromatic rings. The van der Waals surface area contributed by atoms with Crippen molar-refractivity contribution >= 4 is 16.8 Å². The van der Waals surface area contributed by atoms with E-state index in [-0.39, 0.29) is 5.17 Å². The van der Waals surface area contributed by atoms with Crippen molar-refractivity contribution in [1.29, 1.82) is 0 Å². The van der Waals surface area contributed by atoms with Crippen LogP contribution >= 0.6 is 11.6 Å². The lowest BCUT2D eigenvalue weighted by Gasteiger charge is -1.95. The summed E-state index contributed by atoms with van der Waals surface area (Å²) in [6, 6.07) is 0. The fraction of sp³-hybridized carbons (Fsp3) is 0.444. The number of hydrogen-bond donors (Lipinski definition) is 0. The molecule has 0 heterocycles. The average Bonchev–Trinajstić information content (AvgIpc) is 2.17. The third-order valence-electron chi connectivity index (χ3n) is 1.04. The second-order valence-electron chi connectivity index (χ2n) is 1.69. The minimum atomic E-state index is -0.435. The summed E-state index contributed by atoms with van der Waals surface area (Å²) in [7, 11) is 1.50. The zero-order valence-electron chi connectivity index (χ0n) is 7.99. The molecule has 3 heteroatoms. The van der Waals surface area contributed by atoms with E-state index in [2.05, 4.69) is 11.6 Å². The topological polar surface area (TPSA) is 12.4 Å². The standard InChI is InChI=1S/C7H9ClFN.C2H6/c1-4-6(9)5(2)7(8)10-3;1-2/h4H,1H2,2-3H3;1-2H3/b6-5+,10-7?;. The Morgan fingerprint density at radius 3 is 2.17 bits per heavy atom. The van der Waals surface area contributed by atoms with Crippen LogP contribution in [0.15, 0.2) is 29.0 Å². The van der Waals surface area contributed by atoms with Crippen molar-refractivity contribution < 1.29 is 4.39 Å². The molecule has 0 rings (SSSR count). The predicted octanol–water partition coefficient (Wildman–Crippen LogP) is 3.71. The van der Waals surface area contributed by atoms with Gasteiger partial charge in [-0.2, -0.15) is 0 Å². The van der Waals surface area contributed by atoms with Crippen molar-refractivity contribution in [3.8, 4) is 0 Å². The predicted molar refractivity (Wildman–Crippen MR) is 54.6 cm³/mol. The zero-order chi connectivity index (χ0) is 10.1. The van der Waals surface area contributed by atoms with Crippen LogP contribution in [0, 0.1) is 0 Å². The van der Waals surface area contributed by atoms with E-state index in [0.29, 0.717) is 5.57 Å². The molecule has 0 unspecified atom stereocenters. The molecular formula is C9H15ClFN. The third kappa shape index (κ3) is 5.08. The first-order valence-corrected chi connectivity index (χ1v) is 4.12. The molecule has 0 aliphatic rings. The molecule has 0 radical (unpaired) electrons. The van der Waals surface area contributed by atoms with E-state index >= 15 is 0 Å². The summed E-state index contributed by atoms with van der Waals surface area (Å²) in [5, 5.41) is 0.178. The van der Waals surface area contributed by atoms with Crippen LogP contribution in [0.2, 0.25) is 0 Å². The van der Waals surface area contributed by atoms with Crippen molar-refractivity contribution in [2.45, 2.75) is 20.8 Å². The summed E-state index contributed by atoms with van der Waals surface area (Å²) in [6.45, 7) is 8.80. The average molecular weight is 192 g/mol. The second kappa shape index (κ2) is 8.47. The Balaban J connectivity index is 0. The molecule has 0 bridgehead atoms. The molecule has 0 saturated carbocycles. The van der Waals surface area contributed by atoms with Crippen LogP contribution in [-0.2, 0) is 0 Å². The maximum Gasteiger partial charge on any atom is 0.129 e. The largest absolute Gasteiger partial charge is 0.276 e. The van der Waals surface area contributed by atoms with Crippen molar-refractivity contribution in [3.63, 3.8) is 0 Å². The van der Waals surface area contributed by atoms with Crippen molar-refractivity contribution in [1.82, 2.24) is 0 Å². The van der Waals surface area contributed by atoms with E-state index in [1.54, 1.807) is 6.92 Å². The second-order valence-corrected chi connectivity index (χ2v) is 2.05. The Kier molecular flexibility index (Phi) is 9.83. The number of rotatable bonds is 2. The lowest BCUT2D eigenvalue weighted by Crippen LogP contribution is -1.90. The van der Waals surface area contributed by atoms with Gasteiger partial charge in [-0.3, -0.25) is 4.99 Å². The number of halogens is 2. The molecule has 12 heavy (non-hydrogen) atoms. The highest BCUT2D eigenvalue weighted by Gasteiger charge is 2.00.